The van der Waals surface area contributed by atoms with E-state index in [9.17, 15) is 16.8 Å². The van der Waals surface area contributed by atoms with Gasteiger partial charge in [0.05, 0.1) is 15.5 Å². The first-order valence-electron chi connectivity index (χ1n) is 9.02. The second kappa shape index (κ2) is 8.02. The van der Waals surface area contributed by atoms with E-state index >= 15 is 0 Å². The summed E-state index contributed by atoms with van der Waals surface area (Å²) in [6.07, 6.45) is 2.68. The summed E-state index contributed by atoms with van der Waals surface area (Å²) >= 11 is 6.05. The first-order chi connectivity index (χ1) is 13.1. The topological polar surface area (TPSA) is 83.6 Å². The van der Waals surface area contributed by atoms with E-state index in [2.05, 4.69) is 4.72 Å². The molecule has 1 aliphatic heterocycles. The van der Waals surface area contributed by atoms with Crippen molar-refractivity contribution in [2.45, 2.75) is 42.9 Å². The zero-order valence-corrected chi connectivity index (χ0v) is 18.2. The number of rotatable bonds is 5. The number of nitrogens with one attached hydrogen (secondary N) is 1. The minimum absolute atomic E-state index is 0.0590. The van der Waals surface area contributed by atoms with Gasteiger partial charge in [-0.15, -0.1) is 0 Å². The standard InChI is InChI=1S/C19H23ClN2O4S2/c1-14-9-10-16(28(25,26)22-11-4-3-5-12-22)13-18(14)21-27(23,24)19-8-6-7-17(20)15(19)2/h6-10,13,21H,3-5,11-12H2,1-2H3. The van der Waals surface area contributed by atoms with Gasteiger partial charge in [-0.1, -0.05) is 30.2 Å². The molecule has 6 nitrogen and oxygen atoms in total. The van der Waals surface area contributed by atoms with Crippen LogP contribution >= 0.6 is 11.6 Å². The van der Waals surface area contributed by atoms with Crippen LogP contribution in [-0.2, 0) is 20.0 Å². The Bertz CT molecular complexity index is 1090. The minimum Gasteiger partial charge on any atom is -0.279 e. The van der Waals surface area contributed by atoms with E-state index in [1.54, 1.807) is 32.0 Å². The summed E-state index contributed by atoms with van der Waals surface area (Å²) in [6.45, 7) is 4.32. The normalized spacial score (nSPS) is 16.1. The Morgan fingerprint density at radius 3 is 2.32 bits per heavy atom. The molecule has 0 atom stereocenters. The Kier molecular flexibility index (Phi) is 6.05. The summed E-state index contributed by atoms with van der Waals surface area (Å²) in [7, 11) is -7.58. The quantitative estimate of drug-likeness (QED) is 0.760. The third-order valence-electron chi connectivity index (χ3n) is 4.91. The molecule has 0 unspecified atom stereocenters. The predicted octanol–water partition coefficient (Wildman–Crippen LogP) is 3.93. The Labute approximate surface area is 171 Å². The van der Waals surface area contributed by atoms with Crippen molar-refractivity contribution in [2.24, 2.45) is 0 Å². The Morgan fingerprint density at radius 1 is 0.964 bits per heavy atom. The van der Waals surface area contributed by atoms with Crippen LogP contribution in [0.15, 0.2) is 46.2 Å². The van der Waals surface area contributed by atoms with Crippen LogP contribution in [0.5, 0.6) is 0 Å². The number of sulfonamides is 2. The van der Waals surface area contributed by atoms with Gasteiger partial charge in [0.15, 0.2) is 0 Å². The van der Waals surface area contributed by atoms with Gasteiger partial charge in [0.2, 0.25) is 10.0 Å². The molecule has 2 aromatic carbocycles. The van der Waals surface area contributed by atoms with Gasteiger partial charge in [0.25, 0.3) is 10.0 Å². The van der Waals surface area contributed by atoms with E-state index in [1.807, 2.05) is 0 Å². The highest BCUT2D eigenvalue weighted by Crippen LogP contribution is 2.29. The van der Waals surface area contributed by atoms with E-state index in [0.29, 0.717) is 29.2 Å². The second-order valence-electron chi connectivity index (χ2n) is 6.91. The second-order valence-corrected chi connectivity index (χ2v) is 10.9. The predicted molar refractivity (Wildman–Crippen MR) is 111 cm³/mol. The molecule has 3 rings (SSSR count). The minimum atomic E-state index is -3.92. The molecular formula is C19H23ClN2O4S2. The zero-order chi connectivity index (χ0) is 20.5. The summed E-state index contributed by atoms with van der Waals surface area (Å²) in [5.74, 6) is 0. The molecule has 1 fully saturated rings. The highest BCUT2D eigenvalue weighted by atomic mass is 35.5. The third kappa shape index (κ3) is 4.20. The monoisotopic (exact) mass is 442 g/mol. The molecule has 0 aliphatic carbocycles. The average Bonchev–Trinajstić information content (AvgIpc) is 2.66. The Morgan fingerprint density at radius 2 is 1.64 bits per heavy atom. The van der Waals surface area contributed by atoms with Crippen molar-refractivity contribution in [3.05, 3.63) is 52.5 Å². The number of anilines is 1. The van der Waals surface area contributed by atoms with Crippen LogP contribution in [0.25, 0.3) is 0 Å². The van der Waals surface area contributed by atoms with Gasteiger partial charge in [0, 0.05) is 18.1 Å². The maximum Gasteiger partial charge on any atom is 0.262 e. The lowest BCUT2D eigenvalue weighted by molar-refractivity contribution is 0.346. The van der Waals surface area contributed by atoms with Gasteiger partial charge >= 0.3 is 0 Å². The van der Waals surface area contributed by atoms with E-state index in [1.165, 1.54) is 22.5 Å². The van der Waals surface area contributed by atoms with E-state index in [4.69, 9.17) is 11.6 Å². The van der Waals surface area contributed by atoms with Crippen LogP contribution < -0.4 is 4.72 Å². The molecule has 0 radical (unpaired) electrons. The SMILES string of the molecule is Cc1ccc(S(=O)(=O)N2CCCCC2)cc1NS(=O)(=O)c1cccc(Cl)c1C. The summed E-state index contributed by atoms with van der Waals surface area (Å²) < 4.78 is 55.5. The average molecular weight is 443 g/mol. The van der Waals surface area contributed by atoms with Crippen molar-refractivity contribution >= 4 is 37.3 Å². The molecule has 1 heterocycles. The molecule has 9 heteroatoms. The zero-order valence-electron chi connectivity index (χ0n) is 15.8. The van der Waals surface area contributed by atoms with Crippen LogP contribution in [0.4, 0.5) is 5.69 Å². The van der Waals surface area contributed by atoms with E-state index in [0.717, 1.165) is 19.3 Å². The largest absolute Gasteiger partial charge is 0.279 e. The lowest BCUT2D eigenvalue weighted by Crippen LogP contribution is -2.35. The van der Waals surface area contributed by atoms with E-state index in [-0.39, 0.29) is 15.5 Å². The molecule has 1 aliphatic rings. The summed E-state index contributed by atoms with van der Waals surface area (Å²) in [5.41, 5.74) is 1.30. The van der Waals surface area contributed by atoms with Crippen molar-refractivity contribution in [1.82, 2.24) is 4.31 Å². The number of nitrogens with zero attached hydrogens (tertiary/aromatic N) is 1. The fraction of sp³-hybridized carbons (Fsp3) is 0.368. The molecule has 1 saturated heterocycles. The first-order valence-corrected chi connectivity index (χ1v) is 12.3. The molecule has 1 N–H and O–H groups in total. The maximum atomic E-state index is 12.9. The molecule has 152 valence electrons. The lowest BCUT2D eigenvalue weighted by atomic mass is 10.2. The summed E-state index contributed by atoms with van der Waals surface area (Å²) in [6, 6.07) is 9.16. The number of piperidine rings is 1. The van der Waals surface area contributed by atoms with Crippen molar-refractivity contribution in [1.29, 1.82) is 0 Å². The molecule has 0 amide bonds. The van der Waals surface area contributed by atoms with Gasteiger partial charge in [-0.25, -0.2) is 16.8 Å². The van der Waals surface area contributed by atoms with Crippen molar-refractivity contribution in [2.75, 3.05) is 17.8 Å². The number of halogens is 1. The highest BCUT2D eigenvalue weighted by molar-refractivity contribution is 7.92. The smallest absolute Gasteiger partial charge is 0.262 e. The van der Waals surface area contributed by atoms with Crippen molar-refractivity contribution in [3.8, 4) is 0 Å². The molecule has 0 saturated carbocycles. The van der Waals surface area contributed by atoms with Crippen LogP contribution in [0.1, 0.15) is 30.4 Å². The van der Waals surface area contributed by atoms with Gasteiger partial charge in [-0.05, 0) is 62.1 Å². The molecule has 0 spiro atoms. The lowest BCUT2D eigenvalue weighted by Gasteiger charge is -2.26. The van der Waals surface area contributed by atoms with Crippen LogP contribution in [0.3, 0.4) is 0 Å². The fourth-order valence-electron chi connectivity index (χ4n) is 3.20. The number of hydrogen-bond acceptors (Lipinski definition) is 4. The number of hydrogen-bond donors (Lipinski definition) is 1. The van der Waals surface area contributed by atoms with Crippen LogP contribution in [-0.4, -0.2) is 34.2 Å². The van der Waals surface area contributed by atoms with Gasteiger partial charge in [-0.3, -0.25) is 4.72 Å². The van der Waals surface area contributed by atoms with Gasteiger partial charge < -0.3 is 0 Å². The Balaban J connectivity index is 1.97. The fourth-order valence-corrected chi connectivity index (χ4v) is 6.37. The number of aryl methyl sites for hydroxylation is 1. The van der Waals surface area contributed by atoms with Gasteiger partial charge in [-0.2, -0.15) is 4.31 Å². The van der Waals surface area contributed by atoms with Crippen LogP contribution in [0, 0.1) is 13.8 Å². The summed E-state index contributed by atoms with van der Waals surface area (Å²) in [4.78, 5) is 0.143. The molecule has 2 aromatic rings. The summed E-state index contributed by atoms with van der Waals surface area (Å²) in [5, 5.41) is 0.348. The number of benzene rings is 2. The Hall–Kier alpha value is -1.61. The van der Waals surface area contributed by atoms with E-state index < -0.39 is 20.0 Å². The highest BCUT2D eigenvalue weighted by Gasteiger charge is 2.27. The van der Waals surface area contributed by atoms with Crippen molar-refractivity contribution < 1.29 is 16.8 Å². The van der Waals surface area contributed by atoms with Gasteiger partial charge in [0.1, 0.15) is 0 Å². The van der Waals surface area contributed by atoms with Crippen LogP contribution in [0.2, 0.25) is 5.02 Å². The molecule has 0 aromatic heterocycles. The molecular weight excluding hydrogens is 420 g/mol. The first kappa shape index (κ1) is 21.1. The van der Waals surface area contributed by atoms with Crippen molar-refractivity contribution in [3.63, 3.8) is 0 Å². The maximum absolute atomic E-state index is 12.9. The third-order valence-corrected chi connectivity index (χ3v) is 8.73. The molecule has 28 heavy (non-hydrogen) atoms. The molecule has 0 bridgehead atoms.